The molecule has 2 aliphatic rings. The molecule has 1 aromatic rings. The number of benzene rings is 1. The van der Waals surface area contributed by atoms with Crippen LogP contribution < -0.4 is 4.72 Å². The molecule has 0 aromatic heterocycles. The number of piperidine rings is 1. The van der Waals surface area contributed by atoms with Crippen LogP contribution in [0.2, 0.25) is 0 Å². The van der Waals surface area contributed by atoms with Crippen LogP contribution in [0.4, 0.5) is 0 Å². The Morgan fingerprint density at radius 3 is 2.43 bits per heavy atom. The molecule has 6 heteroatoms. The van der Waals surface area contributed by atoms with Crippen molar-refractivity contribution in [2.24, 2.45) is 17.8 Å². The van der Waals surface area contributed by atoms with Crippen molar-refractivity contribution < 1.29 is 13.2 Å². The topological polar surface area (TPSA) is 66.5 Å². The summed E-state index contributed by atoms with van der Waals surface area (Å²) in [5.74, 6) is 1.46. The smallest absolute Gasteiger partial charge is 0.240 e. The largest absolute Gasteiger partial charge is 0.342 e. The second kappa shape index (κ2) is 10.8. The number of unbranched alkanes of at least 4 members (excludes halogenated alkanes) is 1. The van der Waals surface area contributed by atoms with E-state index >= 15 is 0 Å². The Balaban J connectivity index is 1.48. The minimum Gasteiger partial charge on any atom is -0.342 e. The van der Waals surface area contributed by atoms with Crippen molar-refractivity contribution in [3.05, 3.63) is 29.8 Å². The van der Waals surface area contributed by atoms with Crippen LogP contribution in [0.5, 0.6) is 0 Å². The highest BCUT2D eigenvalue weighted by Gasteiger charge is 2.32. The van der Waals surface area contributed by atoms with Crippen molar-refractivity contribution >= 4 is 15.9 Å². The van der Waals surface area contributed by atoms with Crippen molar-refractivity contribution in [2.75, 3.05) is 19.6 Å². The molecule has 2 fully saturated rings. The van der Waals surface area contributed by atoms with Crippen molar-refractivity contribution in [2.45, 2.75) is 76.5 Å². The third kappa shape index (κ3) is 6.30. The zero-order chi connectivity index (χ0) is 21.6. The highest BCUT2D eigenvalue weighted by molar-refractivity contribution is 7.89. The van der Waals surface area contributed by atoms with E-state index in [2.05, 4.69) is 11.6 Å². The van der Waals surface area contributed by atoms with Gasteiger partial charge >= 0.3 is 0 Å². The summed E-state index contributed by atoms with van der Waals surface area (Å²) in [4.78, 5) is 15.4. The number of hydrogen-bond acceptors (Lipinski definition) is 3. The summed E-state index contributed by atoms with van der Waals surface area (Å²) in [5.41, 5.74) is 1.04. The number of nitrogens with zero attached hydrogens (tertiary/aromatic N) is 1. The van der Waals surface area contributed by atoms with Gasteiger partial charge in [0.15, 0.2) is 0 Å². The molecular formula is C24H38N2O3S. The summed E-state index contributed by atoms with van der Waals surface area (Å²) >= 11 is 0. The quantitative estimate of drug-likeness (QED) is 0.655. The first-order valence-corrected chi connectivity index (χ1v) is 13.2. The lowest BCUT2D eigenvalue weighted by molar-refractivity contribution is -0.138. The summed E-state index contributed by atoms with van der Waals surface area (Å²) in [7, 11) is -3.50. The second-order valence-electron chi connectivity index (χ2n) is 9.32. The fourth-order valence-corrected chi connectivity index (χ4v) is 6.03. The molecule has 168 valence electrons. The molecule has 1 N–H and O–H groups in total. The molecular weight excluding hydrogens is 396 g/mol. The first-order valence-electron chi connectivity index (χ1n) is 11.7. The van der Waals surface area contributed by atoms with Gasteiger partial charge in [-0.25, -0.2) is 13.1 Å². The van der Waals surface area contributed by atoms with Crippen molar-refractivity contribution in [3.8, 4) is 0 Å². The molecule has 1 aliphatic heterocycles. The van der Waals surface area contributed by atoms with E-state index in [-0.39, 0.29) is 11.8 Å². The van der Waals surface area contributed by atoms with Gasteiger partial charge in [0.1, 0.15) is 0 Å². The van der Waals surface area contributed by atoms with Gasteiger partial charge < -0.3 is 4.90 Å². The molecule has 1 unspecified atom stereocenters. The van der Waals surface area contributed by atoms with Gasteiger partial charge in [0, 0.05) is 25.6 Å². The van der Waals surface area contributed by atoms with Crippen LogP contribution in [0.1, 0.15) is 70.3 Å². The van der Waals surface area contributed by atoms with Gasteiger partial charge in [-0.1, -0.05) is 43.9 Å². The summed E-state index contributed by atoms with van der Waals surface area (Å²) in [6.07, 6.45) is 10.2. The fraction of sp³-hybridized carbons (Fsp3) is 0.708. The maximum absolute atomic E-state index is 13.1. The van der Waals surface area contributed by atoms with Gasteiger partial charge in [0.25, 0.3) is 0 Å². The lowest BCUT2D eigenvalue weighted by atomic mass is 9.79. The fourth-order valence-electron chi connectivity index (χ4n) is 4.91. The van der Waals surface area contributed by atoms with Gasteiger partial charge in [-0.2, -0.15) is 0 Å². The third-order valence-electron chi connectivity index (χ3n) is 6.89. The Labute approximate surface area is 182 Å². The van der Waals surface area contributed by atoms with E-state index in [9.17, 15) is 13.2 Å². The molecule has 0 bridgehead atoms. The van der Waals surface area contributed by atoms with Gasteiger partial charge in [-0.3, -0.25) is 4.79 Å². The second-order valence-corrected chi connectivity index (χ2v) is 11.1. The zero-order valence-electron chi connectivity index (χ0n) is 18.6. The molecule has 30 heavy (non-hydrogen) atoms. The van der Waals surface area contributed by atoms with Crippen molar-refractivity contribution in [1.82, 2.24) is 9.62 Å². The van der Waals surface area contributed by atoms with Crippen LogP contribution in [0.15, 0.2) is 29.2 Å². The summed E-state index contributed by atoms with van der Waals surface area (Å²) < 4.78 is 27.9. The molecule has 1 saturated carbocycles. The number of amides is 1. The Hall–Kier alpha value is -1.40. The van der Waals surface area contributed by atoms with E-state index in [0.29, 0.717) is 23.9 Å². The van der Waals surface area contributed by atoms with Crippen LogP contribution in [0, 0.1) is 24.7 Å². The SMILES string of the molecule is CCCCC1CCC(C(=O)N2CCCC(CNS(=O)(=O)c3ccc(C)cc3)C2)CC1. The number of carbonyl (C=O) groups excluding carboxylic acids is 1. The number of rotatable bonds is 8. The van der Waals surface area contributed by atoms with Crippen LogP contribution in [0.3, 0.4) is 0 Å². The predicted octanol–water partition coefficient (Wildman–Crippen LogP) is 4.51. The van der Waals surface area contributed by atoms with Gasteiger partial charge in [-0.15, -0.1) is 0 Å². The molecule has 0 spiro atoms. The molecule has 1 heterocycles. The van der Waals surface area contributed by atoms with Crippen LogP contribution in [-0.2, 0) is 14.8 Å². The van der Waals surface area contributed by atoms with Crippen molar-refractivity contribution in [3.63, 3.8) is 0 Å². The maximum atomic E-state index is 13.1. The maximum Gasteiger partial charge on any atom is 0.240 e. The Kier molecular flexibility index (Phi) is 8.35. The van der Waals surface area contributed by atoms with E-state index < -0.39 is 10.0 Å². The van der Waals surface area contributed by atoms with E-state index in [1.54, 1.807) is 12.1 Å². The normalized spacial score (nSPS) is 25.3. The number of nitrogens with one attached hydrogen (secondary N) is 1. The minimum absolute atomic E-state index is 0.172. The average Bonchev–Trinajstić information content (AvgIpc) is 2.77. The summed E-state index contributed by atoms with van der Waals surface area (Å²) in [6, 6.07) is 6.91. The Morgan fingerprint density at radius 1 is 1.07 bits per heavy atom. The number of aryl methyl sites for hydroxylation is 1. The minimum atomic E-state index is -3.50. The van der Waals surface area contributed by atoms with E-state index in [1.807, 2.05) is 24.0 Å². The summed E-state index contributed by atoms with van der Waals surface area (Å²) in [6.45, 7) is 6.06. The lowest BCUT2D eigenvalue weighted by Crippen LogP contribution is -2.46. The summed E-state index contributed by atoms with van der Waals surface area (Å²) in [5, 5.41) is 0. The lowest BCUT2D eigenvalue weighted by Gasteiger charge is -2.37. The van der Waals surface area contributed by atoms with E-state index in [1.165, 1.54) is 32.1 Å². The van der Waals surface area contributed by atoms with E-state index in [0.717, 1.165) is 43.7 Å². The van der Waals surface area contributed by atoms with Crippen LogP contribution >= 0.6 is 0 Å². The number of hydrogen-bond donors (Lipinski definition) is 1. The highest BCUT2D eigenvalue weighted by Crippen LogP contribution is 2.33. The predicted molar refractivity (Wildman–Crippen MR) is 121 cm³/mol. The first kappa shape index (κ1) is 23.3. The third-order valence-corrected chi connectivity index (χ3v) is 8.33. The zero-order valence-corrected chi connectivity index (χ0v) is 19.4. The first-order chi connectivity index (χ1) is 14.4. The molecule has 1 saturated heterocycles. The number of likely N-dealkylation sites (tertiary alicyclic amines) is 1. The molecule has 0 radical (unpaired) electrons. The van der Waals surface area contributed by atoms with Crippen molar-refractivity contribution in [1.29, 1.82) is 0 Å². The monoisotopic (exact) mass is 434 g/mol. The van der Waals surface area contributed by atoms with E-state index in [4.69, 9.17) is 0 Å². The standard InChI is InChI=1S/C24H38N2O3S/c1-3-4-6-20-10-12-22(13-11-20)24(27)26-16-5-7-21(18-26)17-25-30(28,29)23-14-8-19(2)9-15-23/h8-9,14-15,20-22,25H,3-7,10-13,16-18H2,1-2H3. The van der Waals surface area contributed by atoms with Gasteiger partial charge in [0.2, 0.25) is 15.9 Å². The Bertz CT molecular complexity index is 783. The molecule has 1 aliphatic carbocycles. The number of sulfonamides is 1. The molecule has 1 aromatic carbocycles. The molecule has 1 amide bonds. The Morgan fingerprint density at radius 2 is 1.77 bits per heavy atom. The molecule has 3 rings (SSSR count). The van der Waals surface area contributed by atoms with Crippen LogP contribution in [0.25, 0.3) is 0 Å². The van der Waals surface area contributed by atoms with Gasteiger partial charge in [0.05, 0.1) is 4.90 Å². The highest BCUT2D eigenvalue weighted by atomic mass is 32.2. The number of carbonyl (C=O) groups is 1. The van der Waals surface area contributed by atoms with Gasteiger partial charge in [-0.05, 0) is 69.4 Å². The molecule has 1 atom stereocenters. The van der Waals surface area contributed by atoms with Crippen LogP contribution in [-0.4, -0.2) is 38.9 Å². The molecule has 5 nitrogen and oxygen atoms in total. The average molecular weight is 435 g/mol.